The second kappa shape index (κ2) is 3.55. The largest absolute Gasteiger partial charge is 0.384 e. The summed E-state index contributed by atoms with van der Waals surface area (Å²) in [4.78, 5) is 7.51. The van der Waals surface area contributed by atoms with Gasteiger partial charge in [-0.15, -0.1) is 0 Å². The van der Waals surface area contributed by atoms with Crippen molar-refractivity contribution in [1.29, 1.82) is 0 Å². The van der Waals surface area contributed by atoms with Gasteiger partial charge >= 0.3 is 0 Å². The molecule has 3 nitrogen and oxygen atoms in total. The first kappa shape index (κ1) is 13.0. The first-order chi connectivity index (χ1) is 10.4. The molecule has 1 aliphatic carbocycles. The smallest absolute Gasteiger partial charge is 0.103 e. The van der Waals surface area contributed by atoms with Crippen molar-refractivity contribution in [2.24, 2.45) is 16.3 Å². The van der Waals surface area contributed by atoms with Crippen LogP contribution in [0.1, 0.15) is 25.8 Å². The van der Waals surface area contributed by atoms with E-state index in [-0.39, 0.29) is 16.7 Å². The summed E-state index contributed by atoms with van der Waals surface area (Å²) in [5.74, 6) is 0.119. The van der Waals surface area contributed by atoms with Crippen molar-refractivity contribution >= 4 is 11.4 Å². The van der Waals surface area contributed by atoms with E-state index in [1.807, 2.05) is 0 Å². The fourth-order valence-corrected chi connectivity index (χ4v) is 5.85. The molecule has 114 valence electrons. The first-order valence-corrected chi connectivity index (χ1v) is 8.27. The van der Waals surface area contributed by atoms with E-state index >= 15 is 0 Å². The average molecular weight is 294 g/mol. The van der Waals surface area contributed by atoms with Crippen LogP contribution in [0.5, 0.6) is 0 Å². The van der Waals surface area contributed by atoms with Gasteiger partial charge < -0.3 is 5.11 Å². The number of piperidine rings is 1. The normalized spacial score (nSPS) is 48.0. The fourth-order valence-electron chi connectivity index (χ4n) is 5.85. The molecule has 1 aromatic rings. The number of rotatable bonds is 0. The molecule has 5 aliphatic rings. The maximum atomic E-state index is 11.6. The van der Waals surface area contributed by atoms with Crippen LogP contribution < -0.4 is 0 Å². The first-order valence-electron chi connectivity index (χ1n) is 8.27. The van der Waals surface area contributed by atoms with Crippen molar-refractivity contribution < 1.29 is 5.11 Å². The standard InChI is InChI=1S/C19H22N2O/c1-12-17(3)10-21-9-8-18(13(2)19(12,22)11-21)14-6-4-5-7-15(14)20-16(17)18/h4-7,13,22H,1,8-11H2,2-3H3/t13-,17+,18-,19+/m1/s1. The molecule has 6 rings (SSSR count). The van der Waals surface area contributed by atoms with Gasteiger partial charge in [0.2, 0.25) is 0 Å². The van der Waals surface area contributed by atoms with Crippen molar-refractivity contribution in [3.05, 3.63) is 42.0 Å². The van der Waals surface area contributed by atoms with E-state index in [1.165, 1.54) is 11.3 Å². The van der Waals surface area contributed by atoms with Gasteiger partial charge in [0.1, 0.15) is 5.60 Å². The maximum Gasteiger partial charge on any atom is 0.103 e. The van der Waals surface area contributed by atoms with Gasteiger partial charge in [0, 0.05) is 35.5 Å². The Morgan fingerprint density at radius 3 is 2.91 bits per heavy atom. The number of aliphatic hydroxyl groups is 1. The summed E-state index contributed by atoms with van der Waals surface area (Å²) in [5, 5.41) is 11.6. The summed E-state index contributed by atoms with van der Waals surface area (Å²) in [6, 6.07) is 8.51. The van der Waals surface area contributed by atoms with Crippen molar-refractivity contribution in [3.8, 4) is 0 Å². The van der Waals surface area contributed by atoms with E-state index in [2.05, 4.69) is 49.6 Å². The minimum absolute atomic E-state index is 0.119. The van der Waals surface area contributed by atoms with Gasteiger partial charge in [0.15, 0.2) is 0 Å². The number of para-hydroxylation sites is 1. The van der Waals surface area contributed by atoms with Crippen LogP contribution in [0.3, 0.4) is 0 Å². The Kier molecular flexibility index (Phi) is 2.10. The second-order valence-electron chi connectivity index (χ2n) is 7.87. The highest BCUT2D eigenvalue weighted by Crippen LogP contribution is 2.64. The number of nitrogens with zero attached hydrogens (tertiary/aromatic N) is 2. The molecular formula is C19H22N2O. The molecule has 3 saturated heterocycles. The molecule has 1 saturated carbocycles. The molecule has 0 amide bonds. The molecule has 4 aliphatic heterocycles. The number of benzene rings is 1. The molecule has 1 unspecified atom stereocenters. The Morgan fingerprint density at radius 2 is 2.09 bits per heavy atom. The lowest BCUT2D eigenvalue weighted by Gasteiger charge is -2.60. The summed E-state index contributed by atoms with van der Waals surface area (Å²) in [6.07, 6.45) is 1.05. The Hall–Kier alpha value is -1.45. The van der Waals surface area contributed by atoms with Gasteiger partial charge in [-0.3, -0.25) is 9.89 Å². The molecule has 0 radical (unpaired) electrons. The minimum atomic E-state index is -0.806. The summed E-state index contributed by atoms with van der Waals surface area (Å²) >= 11 is 0. The lowest BCUT2D eigenvalue weighted by atomic mass is 9.47. The molecule has 1 aromatic carbocycles. The van der Waals surface area contributed by atoms with Crippen LogP contribution in [0.4, 0.5) is 5.69 Å². The van der Waals surface area contributed by atoms with Gasteiger partial charge in [-0.1, -0.05) is 31.7 Å². The second-order valence-corrected chi connectivity index (χ2v) is 7.87. The molecule has 4 heterocycles. The van der Waals surface area contributed by atoms with E-state index in [9.17, 15) is 5.11 Å². The predicted octanol–water partition coefficient (Wildman–Crippen LogP) is 2.67. The van der Waals surface area contributed by atoms with Crippen molar-refractivity contribution in [2.45, 2.75) is 31.3 Å². The number of aliphatic imine (C=N–C) groups is 1. The van der Waals surface area contributed by atoms with Crippen LogP contribution in [0.15, 0.2) is 41.4 Å². The molecule has 1 N–H and O–H groups in total. The SMILES string of the molecule is C=C1[C@]2(C)CN3CC[C@@]4(C2=Nc2ccccc24)[C@@H](C)[C@]1(O)C3. The van der Waals surface area contributed by atoms with Gasteiger partial charge in [0.25, 0.3) is 0 Å². The fraction of sp³-hybridized carbons (Fsp3) is 0.526. The third-order valence-corrected chi connectivity index (χ3v) is 7.03. The van der Waals surface area contributed by atoms with Crippen molar-refractivity contribution in [2.75, 3.05) is 19.6 Å². The zero-order valence-corrected chi connectivity index (χ0v) is 13.3. The molecule has 0 aromatic heterocycles. The zero-order valence-electron chi connectivity index (χ0n) is 13.3. The van der Waals surface area contributed by atoms with Crippen LogP contribution in [0, 0.1) is 11.3 Å². The van der Waals surface area contributed by atoms with Crippen LogP contribution >= 0.6 is 0 Å². The molecule has 4 fully saturated rings. The lowest BCUT2D eigenvalue weighted by Crippen LogP contribution is -2.69. The number of fused-ring (bicyclic) bond motifs is 2. The third kappa shape index (κ3) is 1.12. The summed E-state index contributed by atoms with van der Waals surface area (Å²) in [7, 11) is 0. The summed E-state index contributed by atoms with van der Waals surface area (Å²) in [6.45, 7) is 11.5. The van der Waals surface area contributed by atoms with E-state index in [0.29, 0.717) is 0 Å². The number of hydrogen-bond donors (Lipinski definition) is 1. The number of hydrogen-bond acceptors (Lipinski definition) is 3. The average Bonchev–Trinajstić information content (AvgIpc) is 2.75. The lowest BCUT2D eigenvalue weighted by molar-refractivity contribution is -0.0579. The highest BCUT2D eigenvalue weighted by molar-refractivity contribution is 6.09. The predicted molar refractivity (Wildman–Crippen MR) is 87.6 cm³/mol. The van der Waals surface area contributed by atoms with Crippen molar-refractivity contribution in [3.63, 3.8) is 0 Å². The van der Waals surface area contributed by atoms with Gasteiger partial charge in [-0.2, -0.15) is 0 Å². The highest BCUT2D eigenvalue weighted by Gasteiger charge is 2.69. The van der Waals surface area contributed by atoms with E-state index in [1.54, 1.807) is 0 Å². The van der Waals surface area contributed by atoms with Gasteiger partial charge in [0.05, 0.1) is 5.69 Å². The van der Waals surface area contributed by atoms with E-state index < -0.39 is 5.60 Å². The van der Waals surface area contributed by atoms with Crippen molar-refractivity contribution in [1.82, 2.24) is 4.90 Å². The summed E-state index contributed by atoms with van der Waals surface area (Å²) < 4.78 is 0. The Bertz CT molecular complexity index is 754. The van der Waals surface area contributed by atoms with Crippen LogP contribution in [-0.4, -0.2) is 41.0 Å². The molecule has 4 bridgehead atoms. The Morgan fingerprint density at radius 1 is 1.32 bits per heavy atom. The summed E-state index contributed by atoms with van der Waals surface area (Å²) in [5.41, 5.74) is 3.52. The Labute approximate surface area is 131 Å². The molecular weight excluding hydrogens is 272 g/mol. The van der Waals surface area contributed by atoms with E-state index in [4.69, 9.17) is 4.99 Å². The van der Waals surface area contributed by atoms with Gasteiger partial charge in [-0.25, -0.2) is 0 Å². The highest BCUT2D eigenvalue weighted by atomic mass is 16.3. The molecule has 5 atom stereocenters. The van der Waals surface area contributed by atoms with Crippen LogP contribution in [0.25, 0.3) is 0 Å². The monoisotopic (exact) mass is 294 g/mol. The molecule has 3 heteroatoms. The van der Waals surface area contributed by atoms with Gasteiger partial charge in [-0.05, 0) is 37.1 Å². The van der Waals surface area contributed by atoms with Crippen LogP contribution in [0.2, 0.25) is 0 Å². The third-order valence-electron chi connectivity index (χ3n) is 7.03. The quantitative estimate of drug-likeness (QED) is 0.747. The van der Waals surface area contributed by atoms with Crippen LogP contribution in [-0.2, 0) is 5.41 Å². The van der Waals surface area contributed by atoms with E-state index in [0.717, 1.165) is 37.3 Å². The molecule has 1 spiro atoms. The molecule has 22 heavy (non-hydrogen) atoms. The Balaban J connectivity index is 1.90. The minimum Gasteiger partial charge on any atom is -0.384 e. The zero-order chi connectivity index (χ0) is 15.3. The maximum absolute atomic E-state index is 11.6. The topological polar surface area (TPSA) is 35.8 Å².